The quantitative estimate of drug-likeness (QED) is 0.624. The number of hydrogen-bond acceptors (Lipinski definition) is 6. The van der Waals surface area contributed by atoms with E-state index >= 15 is 0 Å². The zero-order valence-corrected chi connectivity index (χ0v) is 19.7. The van der Waals surface area contributed by atoms with Crippen LogP contribution < -0.4 is 0 Å². The van der Waals surface area contributed by atoms with E-state index in [4.69, 9.17) is 0 Å². The van der Waals surface area contributed by atoms with Gasteiger partial charge in [-0.15, -0.1) is 0 Å². The van der Waals surface area contributed by atoms with Crippen LogP contribution >= 0.6 is 0 Å². The van der Waals surface area contributed by atoms with Gasteiger partial charge in [-0.3, -0.25) is 9.59 Å². The molecule has 4 aliphatic heterocycles. The van der Waals surface area contributed by atoms with Crippen molar-refractivity contribution in [3.05, 3.63) is 22.8 Å². The lowest BCUT2D eigenvalue weighted by Gasteiger charge is -2.44. The molecule has 4 saturated heterocycles. The second-order valence-corrected chi connectivity index (χ2v) is 10.2. The van der Waals surface area contributed by atoms with Gasteiger partial charge < -0.3 is 19.6 Å². The molecule has 0 atom stereocenters. The van der Waals surface area contributed by atoms with Crippen LogP contribution in [0.4, 0.5) is 0 Å². The van der Waals surface area contributed by atoms with Crippen molar-refractivity contribution in [2.75, 3.05) is 52.4 Å². The third-order valence-corrected chi connectivity index (χ3v) is 8.00. The molecule has 5 aliphatic rings. The molecule has 0 aromatic carbocycles. The summed E-state index contributed by atoms with van der Waals surface area (Å²) in [6, 6.07) is 0. The SMILES string of the molecule is O=C1C(N2CCCCC2)=C(N2CCCCC2)C(=O)C(N2CCCCC2)=C1N1CCCCC1. The monoisotopic (exact) mass is 440 g/mol. The second-order valence-electron chi connectivity index (χ2n) is 10.2. The van der Waals surface area contributed by atoms with Crippen molar-refractivity contribution in [2.45, 2.75) is 77.0 Å². The summed E-state index contributed by atoms with van der Waals surface area (Å²) in [6.45, 7) is 7.21. The standard InChI is InChI=1S/C26H40N4O2/c31-25-21(27-13-5-1-6-14-27)22(28-15-7-2-8-16-28)26(32)24(30-19-11-4-12-20-30)23(25)29-17-9-3-10-18-29/h1-20H2. The van der Waals surface area contributed by atoms with E-state index in [1.807, 2.05) is 0 Å². The zero-order valence-electron chi connectivity index (χ0n) is 19.7. The molecule has 0 amide bonds. The van der Waals surface area contributed by atoms with Crippen LogP contribution in [0, 0.1) is 0 Å². The lowest BCUT2D eigenvalue weighted by molar-refractivity contribution is -0.121. The molecular formula is C26H40N4O2. The van der Waals surface area contributed by atoms with Gasteiger partial charge in [-0.05, 0) is 77.0 Å². The lowest BCUT2D eigenvalue weighted by Crippen LogP contribution is -2.50. The maximum absolute atomic E-state index is 14.4. The number of Topliss-reactive ketones (excluding diaryl/α,β-unsaturated/α-hetero) is 2. The highest BCUT2D eigenvalue weighted by Gasteiger charge is 2.44. The molecule has 6 heteroatoms. The van der Waals surface area contributed by atoms with Crippen molar-refractivity contribution in [1.29, 1.82) is 0 Å². The van der Waals surface area contributed by atoms with Crippen molar-refractivity contribution in [2.24, 2.45) is 0 Å². The molecule has 0 radical (unpaired) electrons. The maximum atomic E-state index is 14.4. The molecule has 176 valence electrons. The third kappa shape index (κ3) is 4.17. The topological polar surface area (TPSA) is 47.1 Å². The number of carbonyl (C=O) groups excluding carboxylic acids is 2. The Morgan fingerprint density at radius 2 is 0.500 bits per heavy atom. The summed E-state index contributed by atoms with van der Waals surface area (Å²) in [5.74, 6) is 0.268. The minimum absolute atomic E-state index is 0.134. The van der Waals surface area contributed by atoms with Gasteiger partial charge in [-0.1, -0.05) is 0 Å². The first kappa shape index (κ1) is 21.8. The van der Waals surface area contributed by atoms with E-state index in [1.54, 1.807) is 0 Å². The van der Waals surface area contributed by atoms with Gasteiger partial charge in [0.1, 0.15) is 22.8 Å². The summed E-state index contributed by atoms with van der Waals surface area (Å²) >= 11 is 0. The fourth-order valence-electron chi connectivity index (χ4n) is 6.30. The molecule has 0 bridgehead atoms. The highest BCUT2D eigenvalue weighted by atomic mass is 16.1. The van der Waals surface area contributed by atoms with Crippen LogP contribution in [-0.4, -0.2) is 83.5 Å². The average Bonchev–Trinajstić information content (AvgIpc) is 2.87. The van der Waals surface area contributed by atoms with Crippen molar-refractivity contribution in [1.82, 2.24) is 19.6 Å². The Balaban J connectivity index is 1.60. The Labute approximate surface area is 193 Å². The van der Waals surface area contributed by atoms with Crippen LogP contribution in [0.2, 0.25) is 0 Å². The predicted octanol–water partition coefficient (Wildman–Crippen LogP) is 3.51. The summed E-state index contributed by atoms with van der Waals surface area (Å²) in [6.07, 6.45) is 13.8. The molecule has 0 saturated carbocycles. The summed E-state index contributed by atoms with van der Waals surface area (Å²) in [5.41, 5.74) is 2.94. The molecule has 6 nitrogen and oxygen atoms in total. The number of nitrogens with zero attached hydrogens (tertiary/aromatic N) is 4. The highest BCUT2D eigenvalue weighted by Crippen LogP contribution is 2.36. The first-order valence-electron chi connectivity index (χ1n) is 13.3. The number of likely N-dealkylation sites (tertiary alicyclic amines) is 4. The Morgan fingerprint density at radius 3 is 0.688 bits per heavy atom. The van der Waals surface area contributed by atoms with Crippen LogP contribution in [0.3, 0.4) is 0 Å². The zero-order chi connectivity index (χ0) is 21.9. The minimum Gasteiger partial charge on any atom is -0.367 e. The van der Waals surface area contributed by atoms with Gasteiger partial charge in [0.15, 0.2) is 0 Å². The Hall–Kier alpha value is -1.98. The summed E-state index contributed by atoms with van der Waals surface area (Å²) in [5, 5.41) is 0. The molecule has 4 heterocycles. The van der Waals surface area contributed by atoms with Gasteiger partial charge in [0, 0.05) is 52.4 Å². The number of hydrogen-bond donors (Lipinski definition) is 0. The highest BCUT2D eigenvalue weighted by molar-refractivity contribution is 6.24. The predicted molar refractivity (Wildman–Crippen MR) is 126 cm³/mol. The molecule has 32 heavy (non-hydrogen) atoms. The van der Waals surface area contributed by atoms with Crippen molar-refractivity contribution in [3.63, 3.8) is 0 Å². The smallest absolute Gasteiger partial charge is 0.229 e. The largest absolute Gasteiger partial charge is 0.367 e. The fraction of sp³-hybridized carbons (Fsp3) is 0.769. The van der Waals surface area contributed by atoms with Crippen LogP contribution in [0.15, 0.2) is 22.8 Å². The molecular weight excluding hydrogens is 400 g/mol. The maximum Gasteiger partial charge on any atom is 0.229 e. The molecule has 0 aromatic heterocycles. The number of rotatable bonds is 4. The average molecular weight is 441 g/mol. The molecule has 5 rings (SSSR count). The van der Waals surface area contributed by atoms with Gasteiger partial charge in [0.05, 0.1) is 0 Å². The Kier molecular flexibility index (Phi) is 6.74. The van der Waals surface area contributed by atoms with Gasteiger partial charge >= 0.3 is 0 Å². The number of piperidine rings is 4. The summed E-state index contributed by atoms with van der Waals surface area (Å²) < 4.78 is 0. The van der Waals surface area contributed by atoms with Crippen molar-refractivity contribution in [3.8, 4) is 0 Å². The fourth-order valence-corrected chi connectivity index (χ4v) is 6.30. The van der Waals surface area contributed by atoms with Crippen LogP contribution in [0.1, 0.15) is 77.0 Å². The van der Waals surface area contributed by atoms with Crippen LogP contribution in [0.25, 0.3) is 0 Å². The molecule has 0 aromatic rings. The van der Waals surface area contributed by atoms with Gasteiger partial charge in [-0.25, -0.2) is 0 Å². The van der Waals surface area contributed by atoms with E-state index in [1.165, 1.54) is 25.7 Å². The molecule has 0 unspecified atom stereocenters. The summed E-state index contributed by atoms with van der Waals surface area (Å²) in [4.78, 5) is 37.8. The van der Waals surface area contributed by atoms with E-state index in [0.717, 1.165) is 127 Å². The van der Waals surface area contributed by atoms with Gasteiger partial charge in [0.2, 0.25) is 11.6 Å². The molecule has 4 fully saturated rings. The summed E-state index contributed by atoms with van der Waals surface area (Å²) in [7, 11) is 0. The van der Waals surface area contributed by atoms with Gasteiger partial charge in [-0.2, -0.15) is 0 Å². The normalized spacial score (nSPS) is 26.4. The second kappa shape index (κ2) is 9.88. The van der Waals surface area contributed by atoms with E-state index in [0.29, 0.717) is 0 Å². The van der Waals surface area contributed by atoms with Crippen LogP contribution in [0.5, 0.6) is 0 Å². The van der Waals surface area contributed by atoms with E-state index in [-0.39, 0.29) is 11.6 Å². The van der Waals surface area contributed by atoms with E-state index in [2.05, 4.69) is 19.6 Å². The first-order chi connectivity index (χ1) is 15.8. The lowest BCUT2D eigenvalue weighted by atomic mass is 9.91. The molecule has 0 spiro atoms. The van der Waals surface area contributed by atoms with E-state index in [9.17, 15) is 9.59 Å². The minimum atomic E-state index is 0.134. The molecule has 1 aliphatic carbocycles. The van der Waals surface area contributed by atoms with Crippen molar-refractivity contribution < 1.29 is 9.59 Å². The van der Waals surface area contributed by atoms with Crippen LogP contribution in [-0.2, 0) is 9.59 Å². The Bertz CT molecular complexity index is 652. The third-order valence-electron chi connectivity index (χ3n) is 8.00. The number of carbonyl (C=O) groups is 2. The first-order valence-corrected chi connectivity index (χ1v) is 13.3. The Morgan fingerprint density at radius 1 is 0.312 bits per heavy atom. The number of ketones is 2. The van der Waals surface area contributed by atoms with Gasteiger partial charge in [0.25, 0.3) is 0 Å². The molecule has 0 N–H and O–H groups in total. The van der Waals surface area contributed by atoms with Crippen molar-refractivity contribution >= 4 is 11.6 Å². The van der Waals surface area contributed by atoms with E-state index < -0.39 is 0 Å².